The fourth-order valence-electron chi connectivity index (χ4n) is 4.53. The predicted molar refractivity (Wildman–Crippen MR) is 98.6 cm³/mol. The lowest BCUT2D eigenvalue weighted by molar-refractivity contribution is -0.133. The van der Waals surface area contributed by atoms with Crippen molar-refractivity contribution in [3.8, 4) is 0 Å². The smallest absolute Gasteiger partial charge is 0.223 e. The second-order valence-corrected chi connectivity index (χ2v) is 8.45. The maximum atomic E-state index is 12.9. The predicted octanol–water partition coefficient (Wildman–Crippen LogP) is 3.77. The summed E-state index contributed by atoms with van der Waals surface area (Å²) in [7, 11) is 0. The number of carbonyl (C=O) groups is 1. The number of nitrogens with two attached hydrogens (primary N) is 1. The first-order valence-corrected chi connectivity index (χ1v) is 9.56. The van der Waals surface area contributed by atoms with Crippen LogP contribution in [0.3, 0.4) is 0 Å². The van der Waals surface area contributed by atoms with Crippen LogP contribution < -0.4 is 5.73 Å². The fraction of sp³-hybridized carbons (Fsp3) is 0.667. The van der Waals surface area contributed by atoms with Crippen molar-refractivity contribution >= 4 is 5.91 Å². The molecular formula is C21H32N2O. The molecule has 1 aromatic carbocycles. The molecule has 0 radical (unpaired) electrons. The van der Waals surface area contributed by atoms with Crippen LogP contribution in [0.5, 0.6) is 0 Å². The fourth-order valence-corrected chi connectivity index (χ4v) is 4.53. The summed E-state index contributed by atoms with van der Waals surface area (Å²) in [4.78, 5) is 15.0. The minimum Gasteiger partial charge on any atom is -0.342 e. The van der Waals surface area contributed by atoms with E-state index in [1.165, 1.54) is 31.2 Å². The summed E-state index contributed by atoms with van der Waals surface area (Å²) in [5, 5.41) is 0. The maximum Gasteiger partial charge on any atom is 0.223 e. The molecule has 3 heteroatoms. The van der Waals surface area contributed by atoms with Crippen molar-refractivity contribution in [3.05, 3.63) is 35.9 Å². The number of benzene rings is 1. The molecule has 2 aliphatic rings. The number of rotatable bonds is 6. The average Bonchev–Trinajstić information content (AvgIpc) is 3.22. The Labute approximate surface area is 146 Å². The highest BCUT2D eigenvalue weighted by molar-refractivity contribution is 5.77. The Balaban J connectivity index is 1.60. The standard InChI is InChI=1S/C21H32N2O/c1-20(16-22)13-14-23(17-20)19(24)15-21(10-5-6-11-21)12-9-18-7-3-2-4-8-18/h2-4,7-8H,5-6,9-17,22H2,1H3. The molecule has 1 unspecified atom stereocenters. The van der Waals surface area contributed by atoms with Gasteiger partial charge in [0.2, 0.25) is 5.91 Å². The van der Waals surface area contributed by atoms with Gasteiger partial charge in [-0.3, -0.25) is 4.79 Å². The first kappa shape index (κ1) is 17.5. The third-order valence-corrected chi connectivity index (χ3v) is 6.38. The van der Waals surface area contributed by atoms with Crippen molar-refractivity contribution in [2.45, 2.75) is 58.3 Å². The normalized spacial score (nSPS) is 26.0. The van der Waals surface area contributed by atoms with Crippen LogP contribution >= 0.6 is 0 Å². The van der Waals surface area contributed by atoms with Gasteiger partial charge in [0.1, 0.15) is 0 Å². The summed E-state index contributed by atoms with van der Waals surface area (Å²) in [5.41, 5.74) is 7.65. The molecule has 1 atom stereocenters. The quantitative estimate of drug-likeness (QED) is 0.864. The van der Waals surface area contributed by atoms with Crippen molar-refractivity contribution in [1.82, 2.24) is 4.90 Å². The van der Waals surface area contributed by atoms with E-state index in [1.807, 2.05) is 0 Å². The lowest BCUT2D eigenvalue weighted by Gasteiger charge is -2.31. The minimum absolute atomic E-state index is 0.128. The summed E-state index contributed by atoms with van der Waals surface area (Å²) in [6.45, 7) is 4.62. The zero-order valence-corrected chi connectivity index (χ0v) is 15.1. The number of hydrogen-bond acceptors (Lipinski definition) is 2. The molecule has 1 aliphatic carbocycles. The van der Waals surface area contributed by atoms with Gasteiger partial charge in [0.05, 0.1) is 0 Å². The zero-order chi connectivity index (χ0) is 17.0. The average molecular weight is 329 g/mol. The van der Waals surface area contributed by atoms with Crippen molar-refractivity contribution < 1.29 is 4.79 Å². The highest BCUT2D eigenvalue weighted by Gasteiger charge is 2.40. The van der Waals surface area contributed by atoms with Gasteiger partial charge >= 0.3 is 0 Å². The van der Waals surface area contributed by atoms with Crippen LogP contribution in [0.1, 0.15) is 57.4 Å². The molecule has 24 heavy (non-hydrogen) atoms. The van der Waals surface area contributed by atoms with Crippen molar-refractivity contribution in [3.63, 3.8) is 0 Å². The molecule has 3 nitrogen and oxygen atoms in total. The summed E-state index contributed by atoms with van der Waals surface area (Å²) in [5.74, 6) is 0.363. The van der Waals surface area contributed by atoms with Gasteiger partial charge in [-0.15, -0.1) is 0 Å². The summed E-state index contributed by atoms with van der Waals surface area (Å²) >= 11 is 0. The molecule has 1 saturated carbocycles. The topological polar surface area (TPSA) is 46.3 Å². The highest BCUT2D eigenvalue weighted by atomic mass is 16.2. The largest absolute Gasteiger partial charge is 0.342 e. The molecule has 0 aromatic heterocycles. The van der Waals surface area contributed by atoms with E-state index >= 15 is 0 Å². The Morgan fingerprint density at radius 2 is 1.88 bits per heavy atom. The molecule has 132 valence electrons. The van der Waals surface area contributed by atoms with E-state index in [9.17, 15) is 4.79 Å². The van der Waals surface area contributed by atoms with E-state index in [2.05, 4.69) is 42.2 Å². The first-order chi connectivity index (χ1) is 11.5. The van der Waals surface area contributed by atoms with Gasteiger partial charge in [0.25, 0.3) is 0 Å². The van der Waals surface area contributed by atoms with Gasteiger partial charge in [0, 0.05) is 19.5 Å². The van der Waals surface area contributed by atoms with Gasteiger partial charge < -0.3 is 10.6 Å². The first-order valence-electron chi connectivity index (χ1n) is 9.56. The van der Waals surface area contributed by atoms with Gasteiger partial charge in [-0.2, -0.15) is 0 Å². The Kier molecular flexibility index (Phi) is 5.29. The molecule has 2 fully saturated rings. The minimum atomic E-state index is 0.128. The van der Waals surface area contributed by atoms with E-state index < -0.39 is 0 Å². The van der Waals surface area contributed by atoms with E-state index in [-0.39, 0.29) is 10.8 Å². The lowest BCUT2D eigenvalue weighted by Crippen LogP contribution is -2.37. The molecule has 3 rings (SSSR count). The molecule has 1 aromatic rings. The van der Waals surface area contributed by atoms with Crippen LogP contribution in [0, 0.1) is 10.8 Å². The van der Waals surface area contributed by atoms with E-state index in [0.29, 0.717) is 12.5 Å². The van der Waals surface area contributed by atoms with Crippen LogP contribution in [0.2, 0.25) is 0 Å². The van der Waals surface area contributed by atoms with Crippen molar-refractivity contribution in [2.24, 2.45) is 16.6 Å². The van der Waals surface area contributed by atoms with Gasteiger partial charge in [-0.25, -0.2) is 0 Å². The Morgan fingerprint density at radius 3 is 2.50 bits per heavy atom. The molecule has 2 N–H and O–H groups in total. The van der Waals surface area contributed by atoms with Crippen LogP contribution in [0.15, 0.2) is 30.3 Å². The molecule has 0 spiro atoms. The summed E-state index contributed by atoms with van der Waals surface area (Å²) < 4.78 is 0. The number of likely N-dealkylation sites (tertiary alicyclic amines) is 1. The van der Waals surface area contributed by atoms with Gasteiger partial charge in [0.15, 0.2) is 0 Å². The van der Waals surface area contributed by atoms with Crippen LogP contribution in [0.4, 0.5) is 0 Å². The maximum absolute atomic E-state index is 12.9. The Morgan fingerprint density at radius 1 is 1.17 bits per heavy atom. The Hall–Kier alpha value is -1.35. The SMILES string of the molecule is CC1(CN)CCN(C(=O)CC2(CCc3ccccc3)CCCC2)C1. The van der Waals surface area contributed by atoms with Gasteiger partial charge in [-0.1, -0.05) is 50.1 Å². The van der Waals surface area contributed by atoms with E-state index in [1.54, 1.807) is 0 Å². The van der Waals surface area contributed by atoms with Crippen molar-refractivity contribution in [2.75, 3.05) is 19.6 Å². The molecule has 1 amide bonds. The molecule has 0 bridgehead atoms. The molecular weight excluding hydrogens is 296 g/mol. The number of aryl methyl sites for hydroxylation is 1. The highest BCUT2D eigenvalue weighted by Crippen LogP contribution is 2.45. The summed E-state index contributed by atoms with van der Waals surface area (Å²) in [6, 6.07) is 10.7. The van der Waals surface area contributed by atoms with Crippen LogP contribution in [-0.4, -0.2) is 30.4 Å². The Bertz CT molecular complexity index is 550. The van der Waals surface area contributed by atoms with Crippen LogP contribution in [0.25, 0.3) is 0 Å². The molecule has 1 heterocycles. The second-order valence-electron chi connectivity index (χ2n) is 8.45. The lowest BCUT2D eigenvalue weighted by atomic mass is 9.77. The number of carbonyl (C=O) groups excluding carboxylic acids is 1. The third kappa shape index (κ3) is 4.00. The number of amides is 1. The second kappa shape index (κ2) is 7.26. The van der Waals surface area contributed by atoms with Gasteiger partial charge in [-0.05, 0) is 55.0 Å². The zero-order valence-electron chi connectivity index (χ0n) is 15.1. The summed E-state index contributed by atoms with van der Waals surface area (Å²) in [6.07, 6.45) is 9.01. The monoisotopic (exact) mass is 328 g/mol. The van der Waals surface area contributed by atoms with E-state index in [4.69, 9.17) is 5.73 Å². The van der Waals surface area contributed by atoms with Crippen molar-refractivity contribution in [1.29, 1.82) is 0 Å². The number of nitrogens with zero attached hydrogens (tertiary/aromatic N) is 1. The number of hydrogen-bond donors (Lipinski definition) is 1. The third-order valence-electron chi connectivity index (χ3n) is 6.38. The van der Waals surface area contributed by atoms with Crippen LogP contribution in [-0.2, 0) is 11.2 Å². The molecule has 1 aliphatic heterocycles. The van der Waals surface area contributed by atoms with E-state index in [0.717, 1.165) is 38.8 Å². The molecule has 1 saturated heterocycles.